The summed E-state index contributed by atoms with van der Waals surface area (Å²) < 4.78 is 4.97. The molecule has 1 aliphatic rings. The van der Waals surface area contributed by atoms with Gasteiger partial charge in [-0.15, -0.1) is 12.4 Å². The summed E-state index contributed by atoms with van der Waals surface area (Å²) in [5, 5.41) is 3.27. The van der Waals surface area contributed by atoms with Crippen LogP contribution in [-0.4, -0.2) is 25.2 Å². The van der Waals surface area contributed by atoms with Crippen LogP contribution in [0.4, 0.5) is 0 Å². The van der Waals surface area contributed by atoms with Gasteiger partial charge in [-0.2, -0.15) is 0 Å². The van der Waals surface area contributed by atoms with Crippen molar-refractivity contribution in [2.45, 2.75) is 32.7 Å². The molecule has 0 aromatic heterocycles. The van der Waals surface area contributed by atoms with Gasteiger partial charge < -0.3 is 10.1 Å². The SMILES string of the molecule is CCOC(=O)[C@H]1CCCN[C@H]1C.Cl. The van der Waals surface area contributed by atoms with Crippen LogP contribution in [0.15, 0.2) is 0 Å². The Kier molecular flexibility index (Phi) is 6.08. The third-order valence-corrected chi connectivity index (χ3v) is 2.35. The lowest BCUT2D eigenvalue weighted by atomic mass is 9.92. The fraction of sp³-hybridized carbons (Fsp3) is 0.889. The van der Waals surface area contributed by atoms with Crippen LogP contribution in [0.1, 0.15) is 26.7 Å². The van der Waals surface area contributed by atoms with E-state index in [0.29, 0.717) is 6.61 Å². The normalized spacial score (nSPS) is 27.5. The summed E-state index contributed by atoms with van der Waals surface area (Å²) >= 11 is 0. The molecule has 1 heterocycles. The molecule has 1 N–H and O–H groups in total. The molecule has 4 heteroatoms. The molecule has 1 aliphatic heterocycles. The van der Waals surface area contributed by atoms with Crippen molar-refractivity contribution in [1.29, 1.82) is 0 Å². The van der Waals surface area contributed by atoms with Crippen LogP contribution in [0.5, 0.6) is 0 Å². The van der Waals surface area contributed by atoms with Crippen molar-refractivity contribution in [2.75, 3.05) is 13.2 Å². The van der Waals surface area contributed by atoms with Gasteiger partial charge in [-0.05, 0) is 33.2 Å². The topological polar surface area (TPSA) is 38.3 Å². The van der Waals surface area contributed by atoms with Gasteiger partial charge in [0.15, 0.2) is 0 Å². The summed E-state index contributed by atoms with van der Waals surface area (Å²) in [7, 11) is 0. The third-order valence-electron chi connectivity index (χ3n) is 2.35. The molecule has 0 aromatic rings. The third kappa shape index (κ3) is 3.53. The van der Waals surface area contributed by atoms with E-state index in [9.17, 15) is 4.79 Å². The molecular weight excluding hydrogens is 190 g/mol. The predicted octanol–water partition coefficient (Wildman–Crippen LogP) is 1.36. The van der Waals surface area contributed by atoms with Crippen molar-refractivity contribution >= 4 is 18.4 Å². The smallest absolute Gasteiger partial charge is 0.310 e. The highest BCUT2D eigenvalue weighted by Crippen LogP contribution is 2.17. The molecule has 0 spiro atoms. The second-order valence-corrected chi connectivity index (χ2v) is 3.24. The van der Waals surface area contributed by atoms with Crippen molar-refractivity contribution in [2.24, 2.45) is 5.92 Å². The molecule has 0 bridgehead atoms. The summed E-state index contributed by atoms with van der Waals surface area (Å²) in [4.78, 5) is 11.3. The number of halogens is 1. The highest BCUT2D eigenvalue weighted by molar-refractivity contribution is 5.85. The first-order chi connectivity index (χ1) is 5.75. The first kappa shape index (κ1) is 12.7. The van der Waals surface area contributed by atoms with Gasteiger partial charge >= 0.3 is 5.97 Å². The number of nitrogens with one attached hydrogen (secondary N) is 1. The highest BCUT2D eigenvalue weighted by atomic mass is 35.5. The molecule has 0 aromatic carbocycles. The molecule has 0 unspecified atom stereocenters. The number of piperidine rings is 1. The lowest BCUT2D eigenvalue weighted by Crippen LogP contribution is -2.43. The fourth-order valence-electron chi connectivity index (χ4n) is 1.62. The Balaban J connectivity index is 0.00000144. The maximum absolute atomic E-state index is 11.3. The monoisotopic (exact) mass is 207 g/mol. The Hall–Kier alpha value is -0.280. The number of ether oxygens (including phenoxy) is 1. The highest BCUT2D eigenvalue weighted by Gasteiger charge is 2.28. The van der Waals surface area contributed by atoms with E-state index in [1.807, 2.05) is 13.8 Å². The number of carbonyl (C=O) groups excluding carboxylic acids is 1. The van der Waals surface area contributed by atoms with Gasteiger partial charge in [-0.1, -0.05) is 0 Å². The zero-order valence-corrected chi connectivity index (χ0v) is 9.02. The zero-order chi connectivity index (χ0) is 8.97. The lowest BCUT2D eigenvalue weighted by Gasteiger charge is -2.27. The molecular formula is C9H18ClNO2. The van der Waals surface area contributed by atoms with E-state index in [0.717, 1.165) is 19.4 Å². The molecule has 0 amide bonds. The molecule has 1 saturated heterocycles. The van der Waals surface area contributed by atoms with Crippen LogP contribution in [0.2, 0.25) is 0 Å². The van der Waals surface area contributed by atoms with Crippen molar-refractivity contribution in [3.8, 4) is 0 Å². The zero-order valence-electron chi connectivity index (χ0n) is 8.21. The second kappa shape index (κ2) is 6.22. The minimum absolute atomic E-state index is 0. The van der Waals surface area contributed by atoms with E-state index >= 15 is 0 Å². The van der Waals surface area contributed by atoms with E-state index in [1.165, 1.54) is 0 Å². The summed E-state index contributed by atoms with van der Waals surface area (Å²) in [6, 6.07) is 0.276. The standard InChI is InChI=1S/C9H17NO2.ClH/c1-3-12-9(11)8-5-4-6-10-7(8)2;/h7-8,10H,3-6H2,1-2H3;1H/t7-,8-;/m0./s1. The quantitative estimate of drug-likeness (QED) is 0.695. The number of hydrogen-bond donors (Lipinski definition) is 1. The van der Waals surface area contributed by atoms with E-state index in [4.69, 9.17) is 4.74 Å². The van der Waals surface area contributed by atoms with Crippen molar-refractivity contribution in [3.63, 3.8) is 0 Å². The molecule has 1 fully saturated rings. The maximum atomic E-state index is 11.3. The van der Waals surface area contributed by atoms with Gasteiger partial charge in [-0.25, -0.2) is 0 Å². The van der Waals surface area contributed by atoms with Gasteiger partial charge in [-0.3, -0.25) is 4.79 Å². The first-order valence-electron chi connectivity index (χ1n) is 4.65. The van der Waals surface area contributed by atoms with Crippen LogP contribution < -0.4 is 5.32 Å². The van der Waals surface area contributed by atoms with Crippen LogP contribution in [0, 0.1) is 5.92 Å². The Bertz CT molecular complexity index is 164. The Morgan fingerprint density at radius 1 is 1.62 bits per heavy atom. The lowest BCUT2D eigenvalue weighted by molar-refractivity contribution is -0.149. The number of carbonyl (C=O) groups is 1. The molecule has 78 valence electrons. The van der Waals surface area contributed by atoms with Crippen LogP contribution in [0.25, 0.3) is 0 Å². The maximum Gasteiger partial charge on any atom is 0.310 e. The largest absolute Gasteiger partial charge is 0.466 e. The minimum atomic E-state index is -0.0443. The van der Waals surface area contributed by atoms with Crippen LogP contribution in [0.3, 0.4) is 0 Å². The number of hydrogen-bond acceptors (Lipinski definition) is 3. The predicted molar refractivity (Wildman–Crippen MR) is 54.1 cm³/mol. The summed E-state index contributed by atoms with van der Waals surface area (Å²) in [5.74, 6) is 0.0240. The Morgan fingerprint density at radius 3 is 2.85 bits per heavy atom. The number of esters is 1. The van der Waals surface area contributed by atoms with Gasteiger partial charge in [0.1, 0.15) is 0 Å². The average Bonchev–Trinajstić information content (AvgIpc) is 2.05. The van der Waals surface area contributed by atoms with E-state index in [1.54, 1.807) is 0 Å². The molecule has 0 saturated carbocycles. The minimum Gasteiger partial charge on any atom is -0.466 e. The summed E-state index contributed by atoms with van der Waals surface area (Å²) in [5.41, 5.74) is 0. The van der Waals surface area contributed by atoms with Crippen molar-refractivity contribution in [1.82, 2.24) is 5.32 Å². The van der Waals surface area contributed by atoms with E-state index in [-0.39, 0.29) is 30.3 Å². The average molecular weight is 208 g/mol. The van der Waals surface area contributed by atoms with Crippen LogP contribution >= 0.6 is 12.4 Å². The molecule has 13 heavy (non-hydrogen) atoms. The fourth-order valence-corrected chi connectivity index (χ4v) is 1.62. The summed E-state index contributed by atoms with van der Waals surface area (Å²) in [6.07, 6.45) is 2.04. The molecule has 2 atom stereocenters. The van der Waals surface area contributed by atoms with Crippen LogP contribution in [-0.2, 0) is 9.53 Å². The summed E-state index contributed by atoms with van der Waals surface area (Å²) in [6.45, 7) is 5.40. The van der Waals surface area contributed by atoms with Gasteiger partial charge in [0, 0.05) is 6.04 Å². The Labute approximate surface area is 85.6 Å². The van der Waals surface area contributed by atoms with Crippen molar-refractivity contribution < 1.29 is 9.53 Å². The van der Waals surface area contributed by atoms with Crippen molar-refractivity contribution in [3.05, 3.63) is 0 Å². The molecule has 1 rings (SSSR count). The number of rotatable bonds is 2. The molecule has 0 radical (unpaired) electrons. The van der Waals surface area contributed by atoms with E-state index in [2.05, 4.69) is 5.32 Å². The second-order valence-electron chi connectivity index (χ2n) is 3.24. The first-order valence-corrected chi connectivity index (χ1v) is 4.65. The Morgan fingerprint density at radius 2 is 2.31 bits per heavy atom. The van der Waals surface area contributed by atoms with Gasteiger partial charge in [0.2, 0.25) is 0 Å². The van der Waals surface area contributed by atoms with Gasteiger partial charge in [0.25, 0.3) is 0 Å². The van der Waals surface area contributed by atoms with E-state index < -0.39 is 0 Å². The molecule has 3 nitrogen and oxygen atoms in total. The van der Waals surface area contributed by atoms with Gasteiger partial charge in [0.05, 0.1) is 12.5 Å². The molecule has 0 aliphatic carbocycles.